The first kappa shape index (κ1) is 18.0. The van der Waals surface area contributed by atoms with Crippen LogP contribution in [0.1, 0.15) is 31.7 Å². The lowest BCUT2D eigenvalue weighted by Gasteiger charge is -2.06. The minimum Gasteiger partial charge on any atom is -0.393 e. The number of unbranched alkanes of at least 4 members (excludes halogenated alkanes) is 1. The number of nitrogens with one attached hydrogen (secondary N) is 1. The smallest absolute Gasteiger partial charge is 0.266 e. The third kappa shape index (κ3) is 4.43. The second kappa shape index (κ2) is 8.06. The highest BCUT2D eigenvalue weighted by molar-refractivity contribution is 5.81. The third-order valence-corrected chi connectivity index (χ3v) is 4.18. The van der Waals surface area contributed by atoms with Gasteiger partial charge in [-0.2, -0.15) is 0 Å². The minimum absolute atomic E-state index is 0.263. The monoisotopic (exact) mass is 352 g/mol. The quantitative estimate of drug-likeness (QED) is 0.650. The maximum absolute atomic E-state index is 14.5. The van der Waals surface area contributed by atoms with E-state index in [1.165, 1.54) is 12.3 Å². The van der Waals surface area contributed by atoms with Gasteiger partial charge in [0.15, 0.2) is 0 Å². The molecule has 0 aliphatic heterocycles. The van der Waals surface area contributed by atoms with Crippen LogP contribution in [0.2, 0.25) is 0 Å². The summed E-state index contributed by atoms with van der Waals surface area (Å²) in [5, 5.41) is 9.23. The molecular weight excluding hydrogens is 331 g/mol. The summed E-state index contributed by atoms with van der Waals surface area (Å²) in [6, 6.07) is 10.4. The third-order valence-electron chi connectivity index (χ3n) is 4.18. The van der Waals surface area contributed by atoms with Crippen LogP contribution in [-0.4, -0.2) is 21.2 Å². The summed E-state index contributed by atoms with van der Waals surface area (Å²) in [7, 11) is 0. The molecule has 0 saturated carbocycles. The van der Waals surface area contributed by atoms with Gasteiger partial charge in [0.05, 0.1) is 23.3 Å². The van der Waals surface area contributed by atoms with E-state index >= 15 is 0 Å². The van der Waals surface area contributed by atoms with Gasteiger partial charge in [0.25, 0.3) is 5.56 Å². The summed E-state index contributed by atoms with van der Waals surface area (Å²) in [5.41, 5.74) is 2.97. The Balaban J connectivity index is 1.78. The fraction of sp³-hybridized carbons (Fsp3) is 0.238. The van der Waals surface area contributed by atoms with Crippen LogP contribution in [0.3, 0.4) is 0 Å². The van der Waals surface area contributed by atoms with Crippen LogP contribution in [0.25, 0.3) is 28.2 Å². The first-order valence-electron chi connectivity index (χ1n) is 8.66. The number of H-pyrrole nitrogens is 1. The number of fused-ring (bicyclic) bond motifs is 1. The Bertz CT molecular complexity index is 993. The summed E-state index contributed by atoms with van der Waals surface area (Å²) < 4.78 is 14.5. The molecule has 0 aliphatic rings. The number of hydrogen-bond donors (Lipinski definition) is 2. The average Bonchev–Trinajstić information content (AvgIpc) is 2.61. The van der Waals surface area contributed by atoms with Crippen LogP contribution in [0.5, 0.6) is 0 Å². The fourth-order valence-electron chi connectivity index (χ4n) is 2.82. The predicted octanol–water partition coefficient (Wildman–Crippen LogP) is 4.29. The van der Waals surface area contributed by atoms with Crippen molar-refractivity contribution in [3.63, 3.8) is 0 Å². The molecule has 1 atom stereocenters. The van der Waals surface area contributed by atoms with Gasteiger partial charge in [0, 0.05) is 5.56 Å². The Morgan fingerprint density at radius 2 is 2.12 bits per heavy atom. The van der Waals surface area contributed by atoms with E-state index in [0.717, 1.165) is 24.8 Å². The number of aromatic nitrogens is 2. The van der Waals surface area contributed by atoms with Crippen LogP contribution in [0.15, 0.2) is 53.5 Å². The van der Waals surface area contributed by atoms with Crippen molar-refractivity contribution in [1.29, 1.82) is 0 Å². The first-order valence-corrected chi connectivity index (χ1v) is 8.66. The van der Waals surface area contributed by atoms with Gasteiger partial charge in [0.2, 0.25) is 0 Å². The summed E-state index contributed by atoms with van der Waals surface area (Å²) >= 11 is 0. The van der Waals surface area contributed by atoms with Crippen LogP contribution in [-0.2, 0) is 0 Å². The zero-order valence-electron chi connectivity index (χ0n) is 14.6. The van der Waals surface area contributed by atoms with E-state index in [-0.39, 0.29) is 17.5 Å². The number of benzene rings is 2. The Hall–Kier alpha value is -2.79. The van der Waals surface area contributed by atoms with Crippen molar-refractivity contribution in [2.24, 2.45) is 0 Å². The number of nitrogens with zero attached hydrogens (tertiary/aromatic N) is 1. The van der Waals surface area contributed by atoms with Crippen LogP contribution >= 0.6 is 0 Å². The Morgan fingerprint density at radius 3 is 2.88 bits per heavy atom. The molecule has 4 nitrogen and oxygen atoms in total. The van der Waals surface area contributed by atoms with E-state index in [1.54, 1.807) is 31.2 Å². The van der Waals surface area contributed by atoms with Crippen LogP contribution in [0, 0.1) is 5.82 Å². The van der Waals surface area contributed by atoms with Gasteiger partial charge in [-0.05, 0) is 55.5 Å². The van der Waals surface area contributed by atoms with Crippen molar-refractivity contribution in [2.75, 3.05) is 0 Å². The van der Waals surface area contributed by atoms with Crippen molar-refractivity contribution in [1.82, 2.24) is 9.97 Å². The lowest BCUT2D eigenvalue weighted by Crippen LogP contribution is -2.04. The van der Waals surface area contributed by atoms with Gasteiger partial charge in [-0.3, -0.25) is 4.79 Å². The number of hydrogen-bond acceptors (Lipinski definition) is 3. The average molecular weight is 352 g/mol. The summed E-state index contributed by atoms with van der Waals surface area (Å²) in [6.45, 7) is 1.78. The highest BCUT2D eigenvalue weighted by Gasteiger charge is 2.07. The van der Waals surface area contributed by atoms with Gasteiger partial charge in [-0.1, -0.05) is 30.4 Å². The first-order chi connectivity index (χ1) is 12.5. The van der Waals surface area contributed by atoms with E-state index in [2.05, 4.69) is 9.97 Å². The van der Waals surface area contributed by atoms with E-state index in [4.69, 9.17) is 0 Å². The standard InChI is InChI=1S/C21H21FN2O2/c1-14(25)5-3-2-4-6-15-7-9-17(18(22)11-15)16-8-10-19-20(12-16)23-13-21(26)24-19/h4,6-14,25H,2-3,5H2,1H3,(H,24,26). The topological polar surface area (TPSA) is 66.0 Å². The van der Waals surface area contributed by atoms with Crippen molar-refractivity contribution in [2.45, 2.75) is 32.3 Å². The van der Waals surface area contributed by atoms with Gasteiger partial charge in [0.1, 0.15) is 5.82 Å². The van der Waals surface area contributed by atoms with Gasteiger partial charge >= 0.3 is 0 Å². The molecule has 5 heteroatoms. The molecule has 0 spiro atoms. The molecule has 2 aromatic carbocycles. The van der Waals surface area contributed by atoms with Crippen molar-refractivity contribution in [3.8, 4) is 11.1 Å². The van der Waals surface area contributed by atoms with E-state index in [0.29, 0.717) is 22.2 Å². The normalized spacial score (nSPS) is 12.7. The van der Waals surface area contributed by atoms with E-state index in [1.807, 2.05) is 18.2 Å². The van der Waals surface area contributed by atoms with Crippen molar-refractivity contribution < 1.29 is 9.50 Å². The van der Waals surface area contributed by atoms with Crippen LogP contribution in [0.4, 0.5) is 4.39 Å². The SMILES string of the molecule is CC(O)CCCC=Cc1ccc(-c2ccc3[nH]c(=O)cnc3c2)c(F)c1. The lowest BCUT2D eigenvalue weighted by atomic mass is 10.0. The molecule has 0 amide bonds. The lowest BCUT2D eigenvalue weighted by molar-refractivity contribution is 0.182. The molecule has 0 aliphatic carbocycles. The van der Waals surface area contributed by atoms with Crippen LogP contribution < -0.4 is 5.56 Å². The van der Waals surface area contributed by atoms with E-state index < -0.39 is 0 Å². The molecule has 1 unspecified atom stereocenters. The largest absolute Gasteiger partial charge is 0.393 e. The second-order valence-electron chi connectivity index (χ2n) is 6.40. The second-order valence-corrected chi connectivity index (χ2v) is 6.40. The Labute approximate surface area is 151 Å². The number of allylic oxidation sites excluding steroid dienone is 1. The maximum Gasteiger partial charge on any atom is 0.266 e. The molecule has 2 N–H and O–H groups in total. The molecule has 0 saturated heterocycles. The summed E-state index contributed by atoms with van der Waals surface area (Å²) in [4.78, 5) is 18.1. The molecule has 1 heterocycles. The number of aliphatic hydroxyl groups excluding tert-OH is 1. The molecule has 26 heavy (non-hydrogen) atoms. The fourth-order valence-corrected chi connectivity index (χ4v) is 2.82. The maximum atomic E-state index is 14.5. The Kier molecular flexibility index (Phi) is 5.58. The van der Waals surface area contributed by atoms with Crippen molar-refractivity contribution in [3.05, 3.63) is 70.4 Å². The predicted molar refractivity (Wildman–Crippen MR) is 102 cm³/mol. The Morgan fingerprint density at radius 1 is 1.27 bits per heavy atom. The van der Waals surface area contributed by atoms with Gasteiger partial charge in [-0.25, -0.2) is 9.37 Å². The highest BCUT2D eigenvalue weighted by Crippen LogP contribution is 2.26. The van der Waals surface area contributed by atoms with Crippen molar-refractivity contribution >= 4 is 17.1 Å². The zero-order valence-corrected chi connectivity index (χ0v) is 14.6. The number of rotatable bonds is 6. The molecule has 0 bridgehead atoms. The molecule has 0 fully saturated rings. The molecule has 1 aromatic heterocycles. The zero-order chi connectivity index (χ0) is 18.5. The number of halogens is 1. The molecule has 0 radical (unpaired) electrons. The molecule has 3 rings (SSSR count). The molecule has 134 valence electrons. The number of aliphatic hydroxyl groups is 1. The van der Waals surface area contributed by atoms with E-state index in [9.17, 15) is 14.3 Å². The number of aromatic amines is 1. The molecule has 3 aromatic rings. The highest BCUT2D eigenvalue weighted by atomic mass is 19.1. The minimum atomic E-state index is -0.306. The van der Waals surface area contributed by atoms with Gasteiger partial charge in [-0.15, -0.1) is 0 Å². The molecular formula is C21H21FN2O2. The summed E-state index contributed by atoms with van der Waals surface area (Å²) in [5.74, 6) is -0.306. The van der Waals surface area contributed by atoms with Gasteiger partial charge < -0.3 is 10.1 Å². The summed E-state index contributed by atoms with van der Waals surface area (Å²) in [6.07, 6.45) is 7.33.